The Hall–Kier alpha value is -2.30. The first kappa shape index (κ1) is 11.2. The van der Waals surface area contributed by atoms with Crippen LogP contribution in [0.2, 0.25) is 0 Å². The number of benzene rings is 1. The van der Waals surface area contributed by atoms with E-state index in [9.17, 15) is 9.18 Å². The first-order valence-corrected chi connectivity index (χ1v) is 4.91. The topological polar surface area (TPSA) is 63.1 Å². The van der Waals surface area contributed by atoms with Gasteiger partial charge in [0.05, 0.1) is 5.69 Å². The first-order valence-electron chi connectivity index (χ1n) is 4.91. The minimum Gasteiger partial charge on any atom is -0.476 e. The van der Waals surface area contributed by atoms with Crippen molar-refractivity contribution in [2.24, 2.45) is 0 Å². The third kappa shape index (κ3) is 2.28. The number of nitrogens with zero attached hydrogens (tertiary/aromatic N) is 2. The largest absolute Gasteiger partial charge is 0.476 e. The van der Waals surface area contributed by atoms with Gasteiger partial charge in [0.15, 0.2) is 5.69 Å². The lowest BCUT2D eigenvalue weighted by atomic mass is 10.1. The third-order valence-electron chi connectivity index (χ3n) is 2.34. The van der Waals surface area contributed by atoms with Gasteiger partial charge in [0.1, 0.15) is 5.82 Å². The molecule has 0 aliphatic heterocycles. The molecule has 0 unspecified atom stereocenters. The van der Waals surface area contributed by atoms with Gasteiger partial charge in [0, 0.05) is 5.56 Å². The van der Waals surface area contributed by atoms with E-state index in [2.05, 4.69) is 10.2 Å². The van der Waals surface area contributed by atoms with Gasteiger partial charge in [-0.15, -0.1) is 10.2 Å². The lowest BCUT2D eigenvalue weighted by Crippen LogP contribution is -2.02. The Bertz CT molecular complexity index is 567. The molecule has 0 aliphatic carbocycles. The van der Waals surface area contributed by atoms with E-state index in [1.54, 1.807) is 25.1 Å². The maximum atomic E-state index is 13.1. The molecule has 0 radical (unpaired) electrons. The van der Waals surface area contributed by atoms with Crippen LogP contribution in [0.15, 0.2) is 30.3 Å². The SMILES string of the molecule is Cc1cc(-c2ccc(C(=O)O)nn2)ccc1F. The number of aromatic nitrogens is 2. The number of hydrogen-bond acceptors (Lipinski definition) is 3. The molecule has 4 nitrogen and oxygen atoms in total. The molecule has 0 aliphatic rings. The molecule has 17 heavy (non-hydrogen) atoms. The molecular weight excluding hydrogens is 223 g/mol. The molecule has 5 heteroatoms. The zero-order chi connectivity index (χ0) is 12.4. The average molecular weight is 232 g/mol. The third-order valence-corrected chi connectivity index (χ3v) is 2.34. The summed E-state index contributed by atoms with van der Waals surface area (Å²) in [4.78, 5) is 10.6. The van der Waals surface area contributed by atoms with Crippen molar-refractivity contribution in [2.45, 2.75) is 6.92 Å². The Morgan fingerprint density at radius 1 is 1.24 bits per heavy atom. The van der Waals surface area contributed by atoms with E-state index in [0.717, 1.165) is 0 Å². The van der Waals surface area contributed by atoms with Gasteiger partial charge in [0.2, 0.25) is 0 Å². The Kier molecular flexibility index (Phi) is 2.82. The monoisotopic (exact) mass is 232 g/mol. The minimum atomic E-state index is -1.13. The first-order chi connectivity index (χ1) is 8.08. The van der Waals surface area contributed by atoms with Crippen molar-refractivity contribution < 1.29 is 14.3 Å². The number of hydrogen-bond donors (Lipinski definition) is 1. The van der Waals surface area contributed by atoms with Gasteiger partial charge in [-0.2, -0.15) is 0 Å². The van der Waals surface area contributed by atoms with Crippen LogP contribution in [-0.2, 0) is 0 Å². The van der Waals surface area contributed by atoms with E-state index in [1.165, 1.54) is 12.1 Å². The Morgan fingerprint density at radius 3 is 2.53 bits per heavy atom. The van der Waals surface area contributed by atoms with Crippen molar-refractivity contribution >= 4 is 5.97 Å². The zero-order valence-electron chi connectivity index (χ0n) is 9.01. The highest BCUT2D eigenvalue weighted by molar-refractivity contribution is 5.85. The fourth-order valence-corrected chi connectivity index (χ4v) is 1.40. The Labute approximate surface area is 96.7 Å². The van der Waals surface area contributed by atoms with Crippen LogP contribution in [0.3, 0.4) is 0 Å². The van der Waals surface area contributed by atoms with Crippen LogP contribution in [-0.4, -0.2) is 21.3 Å². The normalized spacial score (nSPS) is 10.2. The fraction of sp³-hybridized carbons (Fsp3) is 0.0833. The molecule has 0 amide bonds. The number of halogens is 1. The van der Waals surface area contributed by atoms with E-state index in [-0.39, 0.29) is 11.5 Å². The summed E-state index contributed by atoms with van der Waals surface area (Å²) in [6.07, 6.45) is 0. The van der Waals surface area contributed by atoms with Gasteiger partial charge in [-0.1, -0.05) is 0 Å². The van der Waals surface area contributed by atoms with Crippen molar-refractivity contribution in [3.8, 4) is 11.3 Å². The van der Waals surface area contributed by atoms with Crippen molar-refractivity contribution in [1.82, 2.24) is 10.2 Å². The van der Waals surface area contributed by atoms with Crippen molar-refractivity contribution in [2.75, 3.05) is 0 Å². The van der Waals surface area contributed by atoms with Crippen LogP contribution in [0.25, 0.3) is 11.3 Å². The number of carboxylic acids is 1. The number of aromatic carboxylic acids is 1. The molecular formula is C12H9FN2O2. The summed E-state index contributed by atoms with van der Waals surface area (Å²) >= 11 is 0. The number of aryl methyl sites for hydroxylation is 1. The molecule has 1 heterocycles. The molecule has 86 valence electrons. The second-order valence-electron chi connectivity index (χ2n) is 3.57. The second-order valence-corrected chi connectivity index (χ2v) is 3.57. The number of rotatable bonds is 2. The van der Waals surface area contributed by atoms with Crippen LogP contribution in [0.4, 0.5) is 4.39 Å². The molecule has 1 aromatic heterocycles. The van der Waals surface area contributed by atoms with Gasteiger partial charge in [-0.3, -0.25) is 0 Å². The van der Waals surface area contributed by atoms with Gasteiger partial charge in [-0.25, -0.2) is 9.18 Å². The number of carbonyl (C=O) groups is 1. The highest BCUT2D eigenvalue weighted by Crippen LogP contribution is 2.19. The van der Waals surface area contributed by atoms with E-state index in [1.807, 2.05) is 0 Å². The van der Waals surface area contributed by atoms with Crippen LogP contribution in [0, 0.1) is 12.7 Å². The lowest BCUT2D eigenvalue weighted by Gasteiger charge is -2.02. The van der Waals surface area contributed by atoms with E-state index < -0.39 is 5.97 Å². The van der Waals surface area contributed by atoms with Gasteiger partial charge < -0.3 is 5.11 Å². The van der Waals surface area contributed by atoms with Crippen LogP contribution in [0.1, 0.15) is 16.1 Å². The second kappa shape index (κ2) is 4.29. The maximum absolute atomic E-state index is 13.1. The van der Waals surface area contributed by atoms with Crippen LogP contribution < -0.4 is 0 Å². The van der Waals surface area contributed by atoms with E-state index >= 15 is 0 Å². The minimum absolute atomic E-state index is 0.118. The molecule has 0 spiro atoms. The molecule has 1 aromatic carbocycles. The highest BCUT2D eigenvalue weighted by Gasteiger charge is 2.07. The van der Waals surface area contributed by atoms with Gasteiger partial charge in [-0.05, 0) is 42.8 Å². The fourth-order valence-electron chi connectivity index (χ4n) is 1.40. The molecule has 0 fully saturated rings. The predicted octanol–water partition coefficient (Wildman–Crippen LogP) is 2.29. The van der Waals surface area contributed by atoms with Crippen molar-refractivity contribution in [1.29, 1.82) is 0 Å². The maximum Gasteiger partial charge on any atom is 0.356 e. The van der Waals surface area contributed by atoms with E-state index in [0.29, 0.717) is 16.8 Å². The smallest absolute Gasteiger partial charge is 0.356 e. The van der Waals surface area contributed by atoms with Gasteiger partial charge in [0.25, 0.3) is 0 Å². The molecule has 2 rings (SSSR count). The molecule has 0 bridgehead atoms. The van der Waals surface area contributed by atoms with Crippen LogP contribution >= 0.6 is 0 Å². The van der Waals surface area contributed by atoms with E-state index in [4.69, 9.17) is 5.11 Å². The van der Waals surface area contributed by atoms with Crippen molar-refractivity contribution in [3.05, 3.63) is 47.4 Å². The summed E-state index contributed by atoms with van der Waals surface area (Å²) in [5, 5.41) is 16.0. The summed E-state index contributed by atoms with van der Waals surface area (Å²) in [7, 11) is 0. The Balaban J connectivity index is 2.39. The average Bonchev–Trinajstić information content (AvgIpc) is 2.33. The van der Waals surface area contributed by atoms with Gasteiger partial charge >= 0.3 is 5.97 Å². The summed E-state index contributed by atoms with van der Waals surface area (Å²) in [6.45, 7) is 1.65. The molecule has 0 saturated heterocycles. The summed E-state index contributed by atoms with van der Waals surface area (Å²) in [5.41, 5.74) is 1.60. The quantitative estimate of drug-likeness (QED) is 0.862. The predicted molar refractivity (Wildman–Crippen MR) is 59.1 cm³/mol. The molecule has 0 saturated carbocycles. The Morgan fingerprint density at radius 2 is 2.00 bits per heavy atom. The zero-order valence-corrected chi connectivity index (χ0v) is 9.01. The highest BCUT2D eigenvalue weighted by atomic mass is 19.1. The van der Waals surface area contributed by atoms with Crippen molar-refractivity contribution in [3.63, 3.8) is 0 Å². The summed E-state index contributed by atoms with van der Waals surface area (Å²) in [5.74, 6) is -1.41. The lowest BCUT2D eigenvalue weighted by molar-refractivity contribution is 0.0689. The van der Waals surface area contributed by atoms with Crippen LogP contribution in [0.5, 0.6) is 0 Å². The standard InChI is InChI=1S/C12H9FN2O2/c1-7-6-8(2-3-9(7)13)10-4-5-11(12(16)17)15-14-10/h2-6H,1H3,(H,16,17). The summed E-state index contributed by atoms with van der Waals surface area (Å²) in [6, 6.07) is 7.47. The molecule has 0 atom stereocenters. The summed E-state index contributed by atoms with van der Waals surface area (Å²) < 4.78 is 13.1. The number of carboxylic acid groups (broad SMARTS) is 1. The molecule has 2 aromatic rings. The molecule has 1 N–H and O–H groups in total.